The monoisotopic (exact) mass is 445 g/mol. The van der Waals surface area contributed by atoms with Gasteiger partial charge in [-0.25, -0.2) is 18.2 Å². The fourth-order valence-electron chi connectivity index (χ4n) is 2.53. The van der Waals surface area contributed by atoms with E-state index in [0.717, 1.165) is 4.31 Å². The first kappa shape index (κ1) is 20.7. The molecule has 0 bridgehead atoms. The molecule has 0 atom stereocenters. The Bertz CT molecular complexity index is 1000. The van der Waals surface area contributed by atoms with Crippen molar-refractivity contribution in [1.29, 1.82) is 0 Å². The Kier molecular flexibility index (Phi) is 6.29. The van der Waals surface area contributed by atoms with Crippen LogP contribution in [0.25, 0.3) is 0 Å². The Hall–Kier alpha value is -2.07. The summed E-state index contributed by atoms with van der Waals surface area (Å²) in [6.07, 6.45) is 1.29. The van der Waals surface area contributed by atoms with Gasteiger partial charge in [0.2, 0.25) is 5.88 Å². The van der Waals surface area contributed by atoms with Crippen molar-refractivity contribution in [2.24, 2.45) is 0 Å². The quantitative estimate of drug-likeness (QED) is 0.538. The van der Waals surface area contributed by atoms with Crippen molar-refractivity contribution in [3.8, 4) is 5.88 Å². The molecule has 150 valence electrons. The molecule has 2 heterocycles. The molecule has 0 fully saturated rings. The zero-order valence-corrected chi connectivity index (χ0v) is 17.1. The second-order valence-corrected chi connectivity index (χ2v) is 8.47. The van der Waals surface area contributed by atoms with Crippen molar-refractivity contribution in [3.63, 3.8) is 0 Å². The molecule has 8 nitrogen and oxygen atoms in total. The van der Waals surface area contributed by atoms with Crippen LogP contribution in [0.15, 0.2) is 35.4 Å². The summed E-state index contributed by atoms with van der Waals surface area (Å²) < 4.78 is 37.9. The number of likely N-dealkylation sites (N-methyl/N-ethyl adjacent to an activating group) is 1. The number of rotatable bonds is 6. The molecule has 0 saturated carbocycles. The maximum atomic E-state index is 13.1. The number of ether oxygens (including phenoxy) is 2. The molecule has 11 heteroatoms. The summed E-state index contributed by atoms with van der Waals surface area (Å²) in [5.74, 6) is -0.496. The van der Waals surface area contributed by atoms with Crippen LogP contribution in [-0.2, 0) is 14.8 Å². The first-order valence-electron chi connectivity index (χ1n) is 8.27. The molecule has 1 aromatic heterocycles. The minimum atomic E-state index is -3.97. The van der Waals surface area contributed by atoms with Gasteiger partial charge in [0.1, 0.15) is 18.9 Å². The summed E-state index contributed by atoms with van der Waals surface area (Å²) in [6.45, 7) is 0.835. The normalized spacial score (nSPS) is 13.6. The van der Waals surface area contributed by atoms with Crippen LogP contribution >= 0.6 is 23.2 Å². The summed E-state index contributed by atoms with van der Waals surface area (Å²) in [6, 6.07) is 5.43. The van der Waals surface area contributed by atoms with E-state index in [1.54, 1.807) is 7.05 Å². The molecule has 0 spiro atoms. The standard InChI is InChI=1S/C17H17Cl2N3O5S/c1-20-4-6-27-17(23)11-8-15-16(21-10-11)26-7-5-22(15)28(24,25)12-2-3-13(18)14(19)9-12/h2-3,8-10,20H,4-7H2,1H3. The van der Waals surface area contributed by atoms with Crippen molar-refractivity contribution >= 4 is 44.9 Å². The van der Waals surface area contributed by atoms with Crippen molar-refractivity contribution in [2.75, 3.05) is 37.7 Å². The molecule has 2 aromatic rings. The van der Waals surface area contributed by atoms with Crippen LogP contribution in [0.3, 0.4) is 0 Å². The van der Waals surface area contributed by atoms with Crippen molar-refractivity contribution in [2.45, 2.75) is 4.90 Å². The van der Waals surface area contributed by atoms with Gasteiger partial charge in [0.15, 0.2) is 0 Å². The molecule has 3 rings (SSSR count). The number of hydrogen-bond acceptors (Lipinski definition) is 7. The molecule has 0 unspecified atom stereocenters. The second-order valence-electron chi connectivity index (χ2n) is 5.79. The Morgan fingerprint density at radius 3 is 2.82 bits per heavy atom. The number of benzene rings is 1. The summed E-state index contributed by atoms with van der Waals surface area (Å²) in [7, 11) is -2.24. The van der Waals surface area contributed by atoms with E-state index in [4.69, 9.17) is 32.7 Å². The number of nitrogens with one attached hydrogen (secondary N) is 1. The van der Waals surface area contributed by atoms with Gasteiger partial charge in [0, 0.05) is 12.7 Å². The summed E-state index contributed by atoms with van der Waals surface area (Å²) in [5, 5.41) is 3.23. The van der Waals surface area contributed by atoms with Crippen LogP contribution in [0.2, 0.25) is 10.0 Å². The van der Waals surface area contributed by atoms with Crippen molar-refractivity contribution in [1.82, 2.24) is 10.3 Å². The fraction of sp³-hybridized carbons (Fsp3) is 0.294. The third-order valence-electron chi connectivity index (χ3n) is 3.93. The molecule has 0 aliphatic carbocycles. The number of hydrogen-bond donors (Lipinski definition) is 1. The van der Waals surface area contributed by atoms with Crippen LogP contribution < -0.4 is 14.4 Å². The van der Waals surface area contributed by atoms with Crippen LogP contribution in [0.5, 0.6) is 5.88 Å². The van der Waals surface area contributed by atoms with Crippen LogP contribution in [0.1, 0.15) is 10.4 Å². The lowest BCUT2D eigenvalue weighted by Gasteiger charge is -2.29. The van der Waals surface area contributed by atoms with E-state index in [9.17, 15) is 13.2 Å². The number of aromatic nitrogens is 1. The number of fused-ring (bicyclic) bond motifs is 1. The Labute approximate surface area is 172 Å². The van der Waals surface area contributed by atoms with E-state index >= 15 is 0 Å². The number of pyridine rings is 1. The van der Waals surface area contributed by atoms with Gasteiger partial charge in [0.25, 0.3) is 10.0 Å². The third-order valence-corrected chi connectivity index (χ3v) is 6.48. The van der Waals surface area contributed by atoms with Gasteiger partial charge in [-0.15, -0.1) is 0 Å². The molecule has 28 heavy (non-hydrogen) atoms. The molecule has 0 saturated heterocycles. The largest absolute Gasteiger partial charge is 0.474 e. The first-order chi connectivity index (χ1) is 13.3. The second kappa shape index (κ2) is 8.52. The predicted octanol–water partition coefficient (Wildman–Crippen LogP) is 2.35. The number of anilines is 1. The number of halogens is 2. The average Bonchev–Trinajstić information content (AvgIpc) is 2.69. The minimum absolute atomic E-state index is 0.0308. The van der Waals surface area contributed by atoms with Crippen LogP contribution in [0.4, 0.5) is 5.69 Å². The van der Waals surface area contributed by atoms with Crippen molar-refractivity contribution in [3.05, 3.63) is 46.1 Å². The maximum Gasteiger partial charge on any atom is 0.339 e. The number of nitrogens with zero attached hydrogens (tertiary/aromatic N) is 2. The highest BCUT2D eigenvalue weighted by Crippen LogP contribution is 2.35. The zero-order chi connectivity index (χ0) is 20.3. The average molecular weight is 446 g/mol. The van der Waals surface area contributed by atoms with Crippen LogP contribution in [-0.4, -0.2) is 52.7 Å². The van der Waals surface area contributed by atoms with Gasteiger partial charge in [-0.1, -0.05) is 23.2 Å². The van der Waals surface area contributed by atoms with E-state index in [-0.39, 0.29) is 51.8 Å². The Morgan fingerprint density at radius 2 is 2.11 bits per heavy atom. The van der Waals surface area contributed by atoms with E-state index in [1.807, 2.05) is 0 Å². The van der Waals surface area contributed by atoms with Gasteiger partial charge >= 0.3 is 5.97 Å². The van der Waals surface area contributed by atoms with E-state index in [0.29, 0.717) is 6.54 Å². The molecule has 1 aliphatic rings. The Morgan fingerprint density at radius 1 is 1.32 bits per heavy atom. The van der Waals surface area contributed by atoms with Crippen LogP contribution in [0, 0.1) is 0 Å². The minimum Gasteiger partial charge on any atom is -0.474 e. The lowest BCUT2D eigenvalue weighted by Crippen LogP contribution is -2.38. The first-order valence-corrected chi connectivity index (χ1v) is 10.5. The molecular formula is C17H17Cl2N3O5S. The smallest absolute Gasteiger partial charge is 0.339 e. The number of carbonyl (C=O) groups excluding carboxylic acids is 1. The fourth-order valence-corrected chi connectivity index (χ4v) is 4.36. The zero-order valence-electron chi connectivity index (χ0n) is 14.8. The maximum absolute atomic E-state index is 13.1. The molecule has 1 N–H and O–H groups in total. The number of esters is 1. The van der Waals surface area contributed by atoms with E-state index < -0.39 is 16.0 Å². The number of sulfonamides is 1. The van der Waals surface area contributed by atoms with E-state index in [1.165, 1.54) is 30.5 Å². The highest BCUT2D eigenvalue weighted by Gasteiger charge is 2.32. The van der Waals surface area contributed by atoms with Gasteiger partial charge < -0.3 is 14.8 Å². The molecule has 1 aromatic carbocycles. The molecule has 0 amide bonds. The summed E-state index contributed by atoms with van der Waals surface area (Å²) in [5.41, 5.74) is 0.273. The molecule has 0 radical (unpaired) electrons. The SMILES string of the molecule is CNCCOC(=O)c1cnc2c(c1)N(S(=O)(=O)c1ccc(Cl)c(Cl)c1)CCO2. The lowest BCUT2D eigenvalue weighted by atomic mass is 10.2. The summed E-state index contributed by atoms with van der Waals surface area (Å²) >= 11 is 11.8. The summed E-state index contributed by atoms with van der Waals surface area (Å²) in [4.78, 5) is 16.2. The van der Waals surface area contributed by atoms with Gasteiger partial charge in [-0.2, -0.15) is 0 Å². The third kappa shape index (κ3) is 4.17. The Balaban J connectivity index is 1.96. The molecular weight excluding hydrogens is 429 g/mol. The van der Waals surface area contributed by atoms with E-state index in [2.05, 4.69) is 10.3 Å². The number of carbonyl (C=O) groups is 1. The topological polar surface area (TPSA) is 97.8 Å². The highest BCUT2D eigenvalue weighted by atomic mass is 35.5. The molecule has 1 aliphatic heterocycles. The van der Waals surface area contributed by atoms with Gasteiger partial charge in [-0.3, -0.25) is 4.31 Å². The van der Waals surface area contributed by atoms with Gasteiger partial charge in [-0.05, 0) is 31.3 Å². The highest BCUT2D eigenvalue weighted by molar-refractivity contribution is 7.92. The lowest BCUT2D eigenvalue weighted by molar-refractivity contribution is 0.0510. The predicted molar refractivity (Wildman–Crippen MR) is 105 cm³/mol. The van der Waals surface area contributed by atoms with Gasteiger partial charge in [0.05, 0.1) is 27.0 Å². The van der Waals surface area contributed by atoms with Crippen molar-refractivity contribution < 1.29 is 22.7 Å².